The van der Waals surface area contributed by atoms with Gasteiger partial charge in [0.2, 0.25) is 0 Å². The Balaban J connectivity index is 1.99. The van der Waals surface area contributed by atoms with Gasteiger partial charge in [0, 0.05) is 17.7 Å². The fourth-order valence-corrected chi connectivity index (χ4v) is 4.71. The van der Waals surface area contributed by atoms with Crippen molar-refractivity contribution in [1.82, 2.24) is 0 Å². The summed E-state index contributed by atoms with van der Waals surface area (Å²) in [6, 6.07) is 7.93. The van der Waals surface area contributed by atoms with E-state index in [1.54, 1.807) is 0 Å². The smallest absolute Gasteiger partial charge is 0.303 e. The second-order valence-corrected chi connectivity index (χ2v) is 8.39. The number of aliphatic carboxylic acids is 1. The molecule has 0 radical (unpaired) electrons. The van der Waals surface area contributed by atoms with Gasteiger partial charge in [-0.05, 0) is 42.7 Å². The lowest BCUT2D eigenvalue weighted by Crippen LogP contribution is -2.19. The summed E-state index contributed by atoms with van der Waals surface area (Å²) in [7, 11) is 0. The minimum Gasteiger partial charge on any atom is -0.481 e. The fourth-order valence-electron chi connectivity index (χ4n) is 4.24. The Bertz CT molecular complexity index is 574. The van der Waals surface area contributed by atoms with Crippen LogP contribution in [0, 0.1) is 5.92 Å². The van der Waals surface area contributed by atoms with Gasteiger partial charge in [0.1, 0.15) is 0 Å². The van der Waals surface area contributed by atoms with Crippen molar-refractivity contribution in [3.8, 4) is 0 Å². The molecule has 0 unspecified atom stereocenters. The standard InChI is InChI=1S/C22H33ClO4/c1-2-3-4-8-19(24)15-10-12-16(13-11-15)22-17(18(23)14-20(22)25)7-5-6-9-21(26)27/h10-13,17-20,22,24-25H,2-9,14H2,1H3,(H,26,27)/t17-,18+,19+,20+,22+/m0/s1. The van der Waals surface area contributed by atoms with Crippen LogP contribution in [-0.4, -0.2) is 32.8 Å². The summed E-state index contributed by atoms with van der Waals surface area (Å²) in [5, 5.41) is 29.5. The highest BCUT2D eigenvalue weighted by molar-refractivity contribution is 6.21. The van der Waals surface area contributed by atoms with Crippen molar-refractivity contribution in [2.45, 2.75) is 88.2 Å². The molecule has 1 aliphatic carbocycles. The number of unbranched alkanes of at least 4 members (excludes halogenated alkanes) is 3. The highest BCUT2D eigenvalue weighted by Crippen LogP contribution is 2.45. The van der Waals surface area contributed by atoms with Crippen LogP contribution in [0.25, 0.3) is 0 Å². The molecule has 0 spiro atoms. The molecule has 1 fully saturated rings. The molecule has 1 aliphatic rings. The van der Waals surface area contributed by atoms with E-state index in [2.05, 4.69) is 6.92 Å². The van der Waals surface area contributed by atoms with Gasteiger partial charge in [-0.3, -0.25) is 4.79 Å². The van der Waals surface area contributed by atoms with E-state index in [4.69, 9.17) is 16.7 Å². The van der Waals surface area contributed by atoms with E-state index in [-0.39, 0.29) is 23.6 Å². The first-order chi connectivity index (χ1) is 12.9. The summed E-state index contributed by atoms with van der Waals surface area (Å²) in [4.78, 5) is 10.7. The number of hydrogen-bond donors (Lipinski definition) is 3. The molecule has 5 atom stereocenters. The number of benzene rings is 1. The van der Waals surface area contributed by atoms with Crippen LogP contribution in [0.5, 0.6) is 0 Å². The van der Waals surface area contributed by atoms with Gasteiger partial charge in [-0.2, -0.15) is 0 Å². The summed E-state index contributed by atoms with van der Waals surface area (Å²) < 4.78 is 0. The van der Waals surface area contributed by atoms with Crippen LogP contribution >= 0.6 is 11.6 Å². The average Bonchev–Trinajstić information content (AvgIpc) is 2.92. The SMILES string of the molecule is CCCCC[C@@H](O)c1ccc([C@@H]2[C@@H](CCCCC(=O)O)[C@H](Cl)C[C@H]2O)cc1. The van der Waals surface area contributed by atoms with Crippen LogP contribution in [0.3, 0.4) is 0 Å². The third-order valence-electron chi connectivity index (χ3n) is 5.77. The Kier molecular flexibility index (Phi) is 9.07. The molecule has 0 heterocycles. The molecule has 1 aromatic carbocycles. The van der Waals surface area contributed by atoms with Crippen molar-refractivity contribution in [2.75, 3.05) is 0 Å². The maximum absolute atomic E-state index is 10.7. The zero-order chi connectivity index (χ0) is 19.8. The molecule has 4 nitrogen and oxygen atoms in total. The highest BCUT2D eigenvalue weighted by atomic mass is 35.5. The molecule has 1 aromatic rings. The lowest BCUT2D eigenvalue weighted by molar-refractivity contribution is -0.137. The molecular weight excluding hydrogens is 364 g/mol. The lowest BCUT2D eigenvalue weighted by atomic mass is 9.83. The van der Waals surface area contributed by atoms with E-state index >= 15 is 0 Å². The number of carbonyl (C=O) groups is 1. The number of hydrogen-bond acceptors (Lipinski definition) is 3. The van der Waals surface area contributed by atoms with Crippen molar-refractivity contribution >= 4 is 17.6 Å². The second kappa shape index (κ2) is 11.0. The zero-order valence-corrected chi connectivity index (χ0v) is 16.9. The van der Waals surface area contributed by atoms with Crippen molar-refractivity contribution in [3.05, 3.63) is 35.4 Å². The summed E-state index contributed by atoms with van der Waals surface area (Å²) >= 11 is 6.50. The van der Waals surface area contributed by atoms with E-state index < -0.39 is 18.2 Å². The summed E-state index contributed by atoms with van der Waals surface area (Å²) in [5.41, 5.74) is 1.97. The van der Waals surface area contributed by atoms with E-state index in [0.717, 1.165) is 49.7 Å². The van der Waals surface area contributed by atoms with Crippen LogP contribution in [0.1, 0.15) is 87.9 Å². The Morgan fingerprint density at radius 1 is 1.19 bits per heavy atom. The molecule has 0 aliphatic heterocycles. The molecule has 0 bridgehead atoms. The first-order valence-corrected chi connectivity index (χ1v) is 10.7. The number of carboxylic acid groups (broad SMARTS) is 1. The second-order valence-electron chi connectivity index (χ2n) is 7.83. The number of alkyl halides is 1. The van der Waals surface area contributed by atoms with E-state index in [1.165, 1.54) is 0 Å². The first-order valence-electron chi connectivity index (χ1n) is 10.3. The number of halogens is 1. The first kappa shape index (κ1) is 22.2. The number of aliphatic hydroxyl groups is 2. The molecule has 0 aromatic heterocycles. The van der Waals surface area contributed by atoms with Gasteiger partial charge in [0.25, 0.3) is 0 Å². The average molecular weight is 397 g/mol. The Labute approximate surface area is 167 Å². The van der Waals surface area contributed by atoms with Crippen molar-refractivity contribution in [3.63, 3.8) is 0 Å². The number of rotatable bonds is 11. The molecular formula is C22H33ClO4. The summed E-state index contributed by atoms with van der Waals surface area (Å²) in [6.07, 6.45) is 6.16. The van der Waals surface area contributed by atoms with Crippen LogP contribution in [0.4, 0.5) is 0 Å². The molecule has 27 heavy (non-hydrogen) atoms. The number of aliphatic hydroxyl groups excluding tert-OH is 2. The highest BCUT2D eigenvalue weighted by Gasteiger charge is 2.41. The molecule has 3 N–H and O–H groups in total. The molecule has 2 rings (SSSR count). The summed E-state index contributed by atoms with van der Waals surface area (Å²) in [6.45, 7) is 2.15. The van der Waals surface area contributed by atoms with E-state index in [9.17, 15) is 15.0 Å². The van der Waals surface area contributed by atoms with Crippen LogP contribution in [0.15, 0.2) is 24.3 Å². The van der Waals surface area contributed by atoms with Gasteiger partial charge in [-0.25, -0.2) is 0 Å². The fraction of sp³-hybridized carbons (Fsp3) is 0.682. The van der Waals surface area contributed by atoms with Crippen LogP contribution in [-0.2, 0) is 4.79 Å². The van der Waals surface area contributed by atoms with Gasteiger partial charge < -0.3 is 15.3 Å². The molecule has 0 amide bonds. The largest absolute Gasteiger partial charge is 0.481 e. The Morgan fingerprint density at radius 2 is 1.89 bits per heavy atom. The molecule has 152 valence electrons. The normalized spacial score (nSPS) is 26.2. The van der Waals surface area contributed by atoms with Gasteiger partial charge in [0.05, 0.1) is 12.2 Å². The van der Waals surface area contributed by atoms with Crippen molar-refractivity contribution < 1.29 is 20.1 Å². The summed E-state index contributed by atoms with van der Waals surface area (Å²) in [5.74, 6) is -0.645. The zero-order valence-electron chi connectivity index (χ0n) is 16.2. The number of carboxylic acids is 1. The predicted molar refractivity (Wildman–Crippen MR) is 108 cm³/mol. The molecule has 1 saturated carbocycles. The minimum absolute atomic E-state index is 0.0244. The molecule has 5 heteroatoms. The maximum atomic E-state index is 10.7. The predicted octanol–water partition coefficient (Wildman–Crippen LogP) is 5.02. The van der Waals surface area contributed by atoms with E-state index in [0.29, 0.717) is 12.8 Å². The van der Waals surface area contributed by atoms with Crippen LogP contribution in [0.2, 0.25) is 0 Å². The molecule has 0 saturated heterocycles. The topological polar surface area (TPSA) is 77.8 Å². The Hall–Kier alpha value is -1.10. The van der Waals surface area contributed by atoms with Crippen molar-refractivity contribution in [1.29, 1.82) is 0 Å². The quantitative estimate of drug-likeness (QED) is 0.362. The maximum Gasteiger partial charge on any atom is 0.303 e. The third kappa shape index (κ3) is 6.48. The van der Waals surface area contributed by atoms with Gasteiger partial charge in [0.15, 0.2) is 0 Å². The van der Waals surface area contributed by atoms with E-state index in [1.807, 2.05) is 24.3 Å². The van der Waals surface area contributed by atoms with Gasteiger partial charge in [-0.1, -0.05) is 56.9 Å². The lowest BCUT2D eigenvalue weighted by Gasteiger charge is -2.24. The van der Waals surface area contributed by atoms with Crippen LogP contribution < -0.4 is 0 Å². The van der Waals surface area contributed by atoms with Gasteiger partial charge >= 0.3 is 5.97 Å². The van der Waals surface area contributed by atoms with Crippen molar-refractivity contribution in [2.24, 2.45) is 5.92 Å². The Morgan fingerprint density at radius 3 is 2.52 bits per heavy atom. The minimum atomic E-state index is -0.770. The third-order valence-corrected chi connectivity index (χ3v) is 6.27. The van der Waals surface area contributed by atoms with Gasteiger partial charge in [-0.15, -0.1) is 11.6 Å². The monoisotopic (exact) mass is 396 g/mol.